The van der Waals surface area contributed by atoms with Crippen molar-refractivity contribution in [2.75, 3.05) is 24.2 Å². The molecule has 0 aliphatic carbocycles. The number of nitrogen functional groups attached to an aromatic ring is 1. The van der Waals surface area contributed by atoms with Gasteiger partial charge < -0.3 is 15.8 Å². The van der Waals surface area contributed by atoms with Crippen molar-refractivity contribution in [2.45, 2.75) is 19.8 Å². The molecule has 0 radical (unpaired) electrons. The lowest BCUT2D eigenvalue weighted by molar-refractivity contribution is -0.143. The van der Waals surface area contributed by atoms with Crippen molar-refractivity contribution in [3.8, 4) is 0 Å². The SMILES string of the molecule is CCOC(=O)CCCNc1ccc2cnccc2c1N. The van der Waals surface area contributed by atoms with Gasteiger partial charge in [-0.05, 0) is 25.5 Å². The van der Waals surface area contributed by atoms with Crippen LogP contribution in [0.3, 0.4) is 0 Å². The lowest BCUT2D eigenvalue weighted by Gasteiger charge is -2.11. The molecule has 0 saturated carbocycles. The second-order valence-corrected chi connectivity index (χ2v) is 4.46. The highest BCUT2D eigenvalue weighted by atomic mass is 16.5. The molecule has 2 aromatic rings. The third-order valence-corrected chi connectivity index (χ3v) is 3.04. The van der Waals surface area contributed by atoms with Crippen LogP contribution in [-0.4, -0.2) is 24.1 Å². The number of hydrogen-bond acceptors (Lipinski definition) is 5. The van der Waals surface area contributed by atoms with Crippen molar-refractivity contribution in [1.29, 1.82) is 0 Å². The number of hydrogen-bond donors (Lipinski definition) is 2. The van der Waals surface area contributed by atoms with E-state index in [-0.39, 0.29) is 5.97 Å². The monoisotopic (exact) mass is 273 g/mol. The van der Waals surface area contributed by atoms with Crippen molar-refractivity contribution in [1.82, 2.24) is 4.98 Å². The van der Waals surface area contributed by atoms with Crippen LogP contribution in [0.4, 0.5) is 11.4 Å². The van der Waals surface area contributed by atoms with E-state index in [0.717, 1.165) is 16.5 Å². The lowest BCUT2D eigenvalue weighted by atomic mass is 10.1. The fourth-order valence-electron chi connectivity index (χ4n) is 2.04. The second-order valence-electron chi connectivity index (χ2n) is 4.46. The topological polar surface area (TPSA) is 77.2 Å². The van der Waals surface area contributed by atoms with Crippen molar-refractivity contribution in [2.24, 2.45) is 0 Å². The van der Waals surface area contributed by atoms with Gasteiger partial charge in [0.15, 0.2) is 0 Å². The number of nitrogens with zero attached hydrogens (tertiary/aromatic N) is 1. The maximum absolute atomic E-state index is 11.2. The highest BCUT2D eigenvalue weighted by molar-refractivity contribution is 5.98. The maximum Gasteiger partial charge on any atom is 0.305 e. The fraction of sp³-hybridized carbons (Fsp3) is 0.333. The first-order valence-corrected chi connectivity index (χ1v) is 6.74. The molecule has 20 heavy (non-hydrogen) atoms. The van der Waals surface area contributed by atoms with E-state index in [1.807, 2.05) is 18.2 Å². The summed E-state index contributed by atoms with van der Waals surface area (Å²) >= 11 is 0. The lowest BCUT2D eigenvalue weighted by Crippen LogP contribution is -2.09. The third kappa shape index (κ3) is 3.38. The summed E-state index contributed by atoms with van der Waals surface area (Å²) in [6.45, 7) is 2.91. The number of ether oxygens (including phenoxy) is 1. The molecule has 5 nitrogen and oxygen atoms in total. The van der Waals surface area contributed by atoms with Crippen molar-refractivity contribution in [3.05, 3.63) is 30.6 Å². The molecule has 1 aromatic heterocycles. The molecule has 0 aliphatic rings. The van der Waals surface area contributed by atoms with Gasteiger partial charge in [-0.15, -0.1) is 0 Å². The van der Waals surface area contributed by atoms with Crippen LogP contribution < -0.4 is 11.1 Å². The number of rotatable bonds is 6. The van der Waals surface area contributed by atoms with Crippen LogP contribution in [0.5, 0.6) is 0 Å². The number of nitrogens with one attached hydrogen (secondary N) is 1. The first kappa shape index (κ1) is 14.1. The van der Waals surface area contributed by atoms with E-state index in [1.165, 1.54) is 0 Å². The number of aromatic nitrogens is 1. The Kier molecular flexibility index (Phi) is 4.76. The number of esters is 1. The van der Waals surface area contributed by atoms with E-state index < -0.39 is 0 Å². The Morgan fingerprint density at radius 3 is 3.05 bits per heavy atom. The average Bonchev–Trinajstić information content (AvgIpc) is 2.46. The minimum Gasteiger partial charge on any atom is -0.466 e. The van der Waals surface area contributed by atoms with Crippen LogP contribution in [0.2, 0.25) is 0 Å². The standard InChI is InChI=1S/C15H19N3O2/c1-2-20-14(19)4-3-8-18-13-6-5-11-10-17-9-7-12(11)15(13)16/h5-7,9-10,18H,2-4,8,16H2,1H3. The molecule has 5 heteroatoms. The van der Waals surface area contributed by atoms with Crippen molar-refractivity contribution in [3.63, 3.8) is 0 Å². The summed E-state index contributed by atoms with van der Waals surface area (Å²) in [5.41, 5.74) is 7.72. The molecule has 0 bridgehead atoms. The largest absolute Gasteiger partial charge is 0.466 e. The summed E-state index contributed by atoms with van der Waals surface area (Å²) in [5.74, 6) is -0.160. The Hall–Kier alpha value is -2.30. The minimum atomic E-state index is -0.160. The number of benzene rings is 1. The predicted molar refractivity (Wildman–Crippen MR) is 80.5 cm³/mol. The van der Waals surface area contributed by atoms with E-state index in [4.69, 9.17) is 10.5 Å². The van der Waals surface area contributed by atoms with E-state index in [9.17, 15) is 4.79 Å². The second kappa shape index (κ2) is 6.75. The molecule has 3 N–H and O–H groups in total. The summed E-state index contributed by atoms with van der Waals surface area (Å²) < 4.78 is 4.88. The van der Waals surface area contributed by atoms with Crippen LogP contribution >= 0.6 is 0 Å². The van der Waals surface area contributed by atoms with E-state index >= 15 is 0 Å². The van der Waals surface area contributed by atoms with Gasteiger partial charge in [-0.3, -0.25) is 9.78 Å². The molecule has 0 spiro atoms. The van der Waals surface area contributed by atoms with E-state index in [2.05, 4.69) is 10.3 Å². The summed E-state index contributed by atoms with van der Waals surface area (Å²) in [7, 11) is 0. The minimum absolute atomic E-state index is 0.160. The van der Waals surface area contributed by atoms with Gasteiger partial charge >= 0.3 is 5.97 Å². The Morgan fingerprint density at radius 1 is 1.40 bits per heavy atom. The van der Waals surface area contributed by atoms with Gasteiger partial charge in [-0.25, -0.2) is 0 Å². The van der Waals surface area contributed by atoms with Gasteiger partial charge in [-0.1, -0.05) is 6.07 Å². The third-order valence-electron chi connectivity index (χ3n) is 3.04. The molecule has 0 saturated heterocycles. The first-order valence-electron chi connectivity index (χ1n) is 6.74. The zero-order valence-corrected chi connectivity index (χ0v) is 11.6. The van der Waals surface area contributed by atoms with Crippen LogP contribution in [0.1, 0.15) is 19.8 Å². The maximum atomic E-state index is 11.2. The van der Waals surface area contributed by atoms with Crippen molar-refractivity contribution < 1.29 is 9.53 Å². The summed E-state index contributed by atoms with van der Waals surface area (Å²) in [5, 5.41) is 5.25. The molecule has 0 atom stereocenters. The Morgan fingerprint density at radius 2 is 2.25 bits per heavy atom. The molecular weight excluding hydrogens is 254 g/mol. The number of carbonyl (C=O) groups excluding carboxylic acids is 1. The number of nitrogens with two attached hydrogens (primary N) is 1. The summed E-state index contributed by atoms with van der Waals surface area (Å²) in [6.07, 6.45) is 4.64. The van der Waals surface area contributed by atoms with Gasteiger partial charge in [0.2, 0.25) is 0 Å². The zero-order chi connectivity index (χ0) is 14.4. The molecule has 1 heterocycles. The van der Waals surface area contributed by atoms with Gasteiger partial charge in [0.25, 0.3) is 0 Å². The van der Waals surface area contributed by atoms with Gasteiger partial charge in [0.1, 0.15) is 0 Å². The van der Waals surface area contributed by atoms with Gasteiger partial charge in [0, 0.05) is 36.1 Å². The summed E-state index contributed by atoms with van der Waals surface area (Å²) in [4.78, 5) is 15.3. The Labute approximate surface area is 118 Å². The number of pyridine rings is 1. The zero-order valence-electron chi connectivity index (χ0n) is 11.6. The van der Waals surface area contributed by atoms with Crippen molar-refractivity contribution >= 4 is 28.1 Å². The van der Waals surface area contributed by atoms with Crippen LogP contribution in [0, 0.1) is 0 Å². The molecule has 0 fully saturated rings. The molecule has 0 amide bonds. The molecule has 106 valence electrons. The Balaban J connectivity index is 1.93. The normalized spacial score (nSPS) is 10.4. The highest BCUT2D eigenvalue weighted by Gasteiger charge is 2.05. The smallest absolute Gasteiger partial charge is 0.305 e. The fourth-order valence-corrected chi connectivity index (χ4v) is 2.04. The van der Waals surface area contributed by atoms with E-state index in [1.54, 1.807) is 19.3 Å². The summed E-state index contributed by atoms with van der Waals surface area (Å²) in [6, 6.07) is 5.81. The molecule has 1 aromatic carbocycles. The first-order chi connectivity index (χ1) is 9.72. The highest BCUT2D eigenvalue weighted by Crippen LogP contribution is 2.27. The van der Waals surface area contributed by atoms with Gasteiger partial charge in [-0.2, -0.15) is 0 Å². The molecule has 2 rings (SSSR count). The van der Waals surface area contributed by atoms with Gasteiger partial charge in [0.05, 0.1) is 18.0 Å². The molecular formula is C15H19N3O2. The average molecular weight is 273 g/mol. The van der Waals surface area contributed by atoms with Crippen LogP contribution in [-0.2, 0) is 9.53 Å². The number of anilines is 2. The van der Waals surface area contributed by atoms with E-state index in [0.29, 0.717) is 31.7 Å². The number of fused-ring (bicyclic) bond motifs is 1. The van der Waals surface area contributed by atoms with Crippen LogP contribution in [0.25, 0.3) is 10.8 Å². The molecule has 0 aliphatic heterocycles. The number of carbonyl (C=O) groups is 1. The quantitative estimate of drug-likeness (QED) is 0.480. The predicted octanol–water partition coefficient (Wildman–Crippen LogP) is 2.57. The molecule has 0 unspecified atom stereocenters. The van der Waals surface area contributed by atoms with Crippen LogP contribution in [0.15, 0.2) is 30.6 Å². The Bertz CT molecular complexity index is 599.